The van der Waals surface area contributed by atoms with E-state index < -0.39 is 17.3 Å². The van der Waals surface area contributed by atoms with E-state index >= 15 is 0 Å². The third-order valence-corrected chi connectivity index (χ3v) is 7.23. The van der Waals surface area contributed by atoms with Gasteiger partial charge in [-0.25, -0.2) is 4.98 Å². The molecule has 0 saturated heterocycles. The third-order valence-electron chi connectivity index (χ3n) is 6.24. The minimum Gasteiger partial charge on any atom is -0.394 e. The zero-order valence-corrected chi connectivity index (χ0v) is 20.2. The van der Waals surface area contributed by atoms with Crippen LogP contribution in [0.25, 0.3) is 26.9 Å². The summed E-state index contributed by atoms with van der Waals surface area (Å²) in [6.07, 6.45) is -4.42. The number of thiazole rings is 1. The Morgan fingerprint density at radius 2 is 1.72 bits per heavy atom. The first kappa shape index (κ1) is 24.0. The van der Waals surface area contributed by atoms with E-state index in [0.29, 0.717) is 16.9 Å². The summed E-state index contributed by atoms with van der Waals surface area (Å²) in [6, 6.07) is 19.4. The van der Waals surface area contributed by atoms with Gasteiger partial charge in [-0.15, -0.1) is 11.3 Å². The quantitative estimate of drug-likeness (QED) is 0.296. The van der Waals surface area contributed by atoms with Crippen LogP contribution < -0.4 is 5.32 Å². The predicted molar refractivity (Wildman–Crippen MR) is 135 cm³/mol. The van der Waals surface area contributed by atoms with Crippen LogP contribution in [-0.2, 0) is 11.7 Å². The molecule has 0 spiro atoms. The van der Waals surface area contributed by atoms with Gasteiger partial charge in [0.1, 0.15) is 0 Å². The fraction of sp³-hybridized carbons (Fsp3) is 0.185. The van der Waals surface area contributed by atoms with Crippen LogP contribution >= 0.6 is 11.3 Å². The normalized spacial score (nSPS) is 13.7. The third kappa shape index (κ3) is 4.14. The average Bonchev–Trinajstić information content (AvgIpc) is 3.38. The van der Waals surface area contributed by atoms with Gasteiger partial charge in [0, 0.05) is 16.6 Å². The SMILES string of the molecule is Cc1nc2c(s1)c1cc(C(=O)N[C@](C)(CO)c3ccccc3)ccc1n2-c1ccc(C(F)(F)F)cc1. The van der Waals surface area contributed by atoms with E-state index in [1.165, 1.54) is 23.5 Å². The highest BCUT2D eigenvalue weighted by Crippen LogP contribution is 2.37. The highest BCUT2D eigenvalue weighted by Gasteiger charge is 2.31. The molecule has 184 valence electrons. The first-order valence-electron chi connectivity index (χ1n) is 11.2. The van der Waals surface area contributed by atoms with Crippen LogP contribution in [0, 0.1) is 6.92 Å². The Bertz CT molecular complexity index is 1570. The van der Waals surface area contributed by atoms with Crippen molar-refractivity contribution >= 4 is 38.5 Å². The summed E-state index contributed by atoms with van der Waals surface area (Å²) < 4.78 is 41.9. The second kappa shape index (κ2) is 8.76. The summed E-state index contributed by atoms with van der Waals surface area (Å²) in [5, 5.41) is 14.6. The van der Waals surface area contributed by atoms with Crippen LogP contribution in [0.2, 0.25) is 0 Å². The molecule has 0 aliphatic heterocycles. The summed E-state index contributed by atoms with van der Waals surface area (Å²) in [4.78, 5) is 17.8. The number of aryl methyl sites for hydroxylation is 1. The van der Waals surface area contributed by atoms with Crippen LogP contribution in [-0.4, -0.2) is 27.2 Å². The molecule has 5 nitrogen and oxygen atoms in total. The molecule has 5 aromatic rings. The van der Waals surface area contributed by atoms with Gasteiger partial charge < -0.3 is 10.4 Å². The number of halogens is 3. The molecule has 0 aliphatic rings. The van der Waals surface area contributed by atoms with Crippen molar-refractivity contribution in [3.05, 3.63) is 94.5 Å². The maximum absolute atomic E-state index is 13.2. The molecule has 2 N–H and O–H groups in total. The van der Waals surface area contributed by atoms with Crippen molar-refractivity contribution in [1.82, 2.24) is 14.9 Å². The molecular weight excluding hydrogens is 487 g/mol. The number of nitrogens with one attached hydrogen (secondary N) is 1. The van der Waals surface area contributed by atoms with Crippen molar-refractivity contribution in [3.63, 3.8) is 0 Å². The van der Waals surface area contributed by atoms with Crippen LogP contribution in [0.5, 0.6) is 0 Å². The van der Waals surface area contributed by atoms with Gasteiger partial charge in [0.2, 0.25) is 0 Å². The standard InChI is InChI=1S/C27H22F3N3O2S/c1-16-31-24-23(36-16)21-14-17(25(35)32-26(2,15-34)18-6-4-3-5-7-18)8-13-22(21)33(24)20-11-9-19(10-12-20)27(28,29)30/h3-14,34H,15H2,1-2H3,(H,32,35)/t26-/m1/s1. The van der Waals surface area contributed by atoms with Gasteiger partial charge in [0.05, 0.1) is 32.9 Å². The second-order valence-corrected chi connectivity index (χ2v) is 10.0. The van der Waals surface area contributed by atoms with Crippen LogP contribution in [0.4, 0.5) is 13.2 Å². The topological polar surface area (TPSA) is 67.2 Å². The second-order valence-electron chi connectivity index (χ2n) is 8.81. The molecule has 2 heterocycles. The van der Waals surface area contributed by atoms with E-state index in [4.69, 9.17) is 0 Å². The monoisotopic (exact) mass is 509 g/mol. The van der Waals surface area contributed by atoms with Crippen molar-refractivity contribution in [2.45, 2.75) is 25.6 Å². The highest BCUT2D eigenvalue weighted by atomic mass is 32.1. The minimum absolute atomic E-state index is 0.284. The number of aromatic nitrogens is 2. The molecule has 0 aliphatic carbocycles. The van der Waals surface area contributed by atoms with E-state index in [1.807, 2.05) is 37.3 Å². The van der Waals surface area contributed by atoms with Gasteiger partial charge >= 0.3 is 6.18 Å². The molecule has 0 radical (unpaired) electrons. The van der Waals surface area contributed by atoms with Gasteiger partial charge in [0.15, 0.2) is 5.65 Å². The van der Waals surface area contributed by atoms with Crippen molar-refractivity contribution in [1.29, 1.82) is 0 Å². The molecule has 0 saturated carbocycles. The number of hydrogen-bond donors (Lipinski definition) is 2. The van der Waals surface area contributed by atoms with Crippen molar-refractivity contribution < 1.29 is 23.1 Å². The number of nitrogens with zero attached hydrogens (tertiary/aromatic N) is 2. The number of aliphatic hydroxyl groups is 1. The lowest BCUT2D eigenvalue weighted by molar-refractivity contribution is -0.137. The maximum Gasteiger partial charge on any atom is 0.416 e. The fourth-order valence-corrected chi connectivity index (χ4v) is 5.23. The number of amides is 1. The first-order valence-corrected chi connectivity index (χ1v) is 12.0. The number of aliphatic hydroxyl groups excluding tert-OH is 1. The Morgan fingerprint density at radius 3 is 2.36 bits per heavy atom. The van der Waals surface area contributed by atoms with E-state index in [1.54, 1.807) is 29.7 Å². The van der Waals surface area contributed by atoms with Crippen LogP contribution in [0.15, 0.2) is 72.8 Å². The number of benzene rings is 3. The Balaban J connectivity index is 1.58. The molecular formula is C27H22F3N3O2S. The zero-order valence-electron chi connectivity index (χ0n) is 19.4. The predicted octanol–water partition coefficient (Wildman–Crippen LogP) is 6.20. The molecule has 36 heavy (non-hydrogen) atoms. The molecule has 5 rings (SSSR count). The number of hydrogen-bond acceptors (Lipinski definition) is 4. The summed E-state index contributed by atoms with van der Waals surface area (Å²) >= 11 is 1.46. The molecule has 0 bridgehead atoms. The summed E-state index contributed by atoms with van der Waals surface area (Å²) in [5.74, 6) is -0.353. The number of alkyl halides is 3. The molecule has 9 heteroatoms. The minimum atomic E-state index is -4.42. The van der Waals surface area contributed by atoms with Gasteiger partial charge in [0.25, 0.3) is 5.91 Å². The summed E-state index contributed by atoms with van der Waals surface area (Å²) in [5.41, 5.74) is 1.37. The Labute approximate surface area is 208 Å². The highest BCUT2D eigenvalue weighted by molar-refractivity contribution is 7.19. The lowest BCUT2D eigenvalue weighted by Gasteiger charge is -2.29. The van der Waals surface area contributed by atoms with E-state index in [2.05, 4.69) is 10.3 Å². The van der Waals surface area contributed by atoms with Gasteiger partial charge in [-0.2, -0.15) is 13.2 Å². The lowest BCUT2D eigenvalue weighted by Crippen LogP contribution is -2.46. The van der Waals surface area contributed by atoms with Gasteiger partial charge in [-0.05, 0) is 61.9 Å². The zero-order chi connectivity index (χ0) is 25.7. The maximum atomic E-state index is 13.2. The Kier molecular flexibility index (Phi) is 5.84. The molecule has 1 atom stereocenters. The van der Waals surface area contributed by atoms with Gasteiger partial charge in [-0.1, -0.05) is 30.3 Å². The van der Waals surface area contributed by atoms with Crippen molar-refractivity contribution in [2.75, 3.05) is 6.61 Å². The smallest absolute Gasteiger partial charge is 0.394 e. The Morgan fingerprint density at radius 1 is 1.03 bits per heavy atom. The fourth-order valence-electron chi connectivity index (χ4n) is 4.30. The summed E-state index contributed by atoms with van der Waals surface area (Å²) in [7, 11) is 0. The molecule has 2 aromatic heterocycles. The molecule has 0 unspecified atom stereocenters. The first-order chi connectivity index (χ1) is 17.1. The number of rotatable bonds is 5. The van der Waals surface area contributed by atoms with E-state index in [-0.39, 0.29) is 12.5 Å². The number of carbonyl (C=O) groups excluding carboxylic acids is 1. The van der Waals surface area contributed by atoms with Crippen molar-refractivity contribution in [2.24, 2.45) is 0 Å². The molecule has 1 amide bonds. The molecule has 0 fully saturated rings. The van der Waals surface area contributed by atoms with Gasteiger partial charge in [-0.3, -0.25) is 9.36 Å². The van der Waals surface area contributed by atoms with Crippen molar-refractivity contribution in [3.8, 4) is 5.69 Å². The average molecular weight is 510 g/mol. The van der Waals surface area contributed by atoms with E-state index in [9.17, 15) is 23.1 Å². The Hall–Kier alpha value is -3.69. The van der Waals surface area contributed by atoms with Crippen LogP contribution in [0.1, 0.15) is 33.4 Å². The largest absolute Gasteiger partial charge is 0.416 e. The van der Waals surface area contributed by atoms with E-state index in [0.717, 1.165) is 38.3 Å². The lowest BCUT2D eigenvalue weighted by atomic mass is 9.92. The number of carbonyl (C=O) groups is 1. The molecule has 3 aromatic carbocycles. The number of fused-ring (bicyclic) bond motifs is 3. The summed E-state index contributed by atoms with van der Waals surface area (Å²) in [6.45, 7) is 3.33. The van der Waals surface area contributed by atoms with Crippen LogP contribution in [0.3, 0.4) is 0 Å².